The van der Waals surface area contributed by atoms with Gasteiger partial charge in [0, 0.05) is 27.6 Å². The summed E-state index contributed by atoms with van der Waals surface area (Å²) < 4.78 is 6.18. The summed E-state index contributed by atoms with van der Waals surface area (Å²) in [6.07, 6.45) is 0. The lowest BCUT2D eigenvalue weighted by molar-refractivity contribution is 0.104. The van der Waals surface area contributed by atoms with Gasteiger partial charge in [-0.15, -0.1) is 0 Å². The van der Waals surface area contributed by atoms with Crippen molar-refractivity contribution < 1.29 is 14.3 Å². The number of benzene rings is 3. The molecule has 0 aliphatic carbocycles. The summed E-state index contributed by atoms with van der Waals surface area (Å²) >= 11 is 0. The summed E-state index contributed by atoms with van der Waals surface area (Å²) in [5.41, 5.74) is 3.55. The number of phenolic OH excluding ortho intramolecular Hbond substituents is 1. The monoisotopic (exact) mass is 426 g/mol. The molecule has 0 atom stereocenters. The third-order valence-corrected chi connectivity index (χ3v) is 5.85. The standard InChI is InChI=1S/C29H30O3/c1-28(2,3)21-16-19(17-22(26(21)31)29(4,5)6)25(30)24-20-14-10-11-15-23(20)32-27(24)18-12-8-7-9-13-18/h7-17,31H,1-6H3. The maximum atomic E-state index is 14.0. The minimum Gasteiger partial charge on any atom is -0.507 e. The van der Waals surface area contributed by atoms with E-state index in [4.69, 9.17) is 4.42 Å². The van der Waals surface area contributed by atoms with Crippen molar-refractivity contribution in [3.8, 4) is 17.1 Å². The van der Waals surface area contributed by atoms with Gasteiger partial charge in [-0.1, -0.05) is 90.1 Å². The number of furan rings is 1. The van der Waals surface area contributed by atoms with Gasteiger partial charge in [0.25, 0.3) is 0 Å². The van der Waals surface area contributed by atoms with Crippen molar-refractivity contribution in [2.75, 3.05) is 0 Å². The SMILES string of the molecule is CC(C)(C)c1cc(C(=O)c2c(-c3ccccc3)oc3ccccc23)cc(C(C)(C)C)c1O. The number of phenols is 1. The average Bonchev–Trinajstić information content (AvgIpc) is 3.12. The van der Waals surface area contributed by atoms with Gasteiger partial charge in [0.2, 0.25) is 0 Å². The molecule has 3 aromatic carbocycles. The molecule has 0 aliphatic heterocycles. The molecule has 0 spiro atoms. The van der Waals surface area contributed by atoms with Crippen LogP contribution in [-0.4, -0.2) is 10.9 Å². The van der Waals surface area contributed by atoms with Crippen molar-refractivity contribution in [1.29, 1.82) is 0 Å². The Labute approximate surface area is 189 Å². The smallest absolute Gasteiger partial charge is 0.197 e. The summed E-state index contributed by atoms with van der Waals surface area (Å²) in [5.74, 6) is 0.728. The zero-order valence-electron chi connectivity index (χ0n) is 19.6. The first-order valence-electron chi connectivity index (χ1n) is 11.0. The predicted octanol–water partition coefficient (Wildman–Crippen LogP) is 7.63. The Hall–Kier alpha value is -3.33. The van der Waals surface area contributed by atoms with E-state index in [9.17, 15) is 9.90 Å². The molecule has 1 aromatic heterocycles. The lowest BCUT2D eigenvalue weighted by Gasteiger charge is -2.28. The van der Waals surface area contributed by atoms with Crippen LogP contribution in [0.15, 0.2) is 71.1 Å². The number of hydrogen-bond acceptors (Lipinski definition) is 3. The average molecular weight is 427 g/mol. The number of para-hydroxylation sites is 1. The van der Waals surface area contributed by atoms with Gasteiger partial charge >= 0.3 is 0 Å². The third kappa shape index (κ3) is 3.84. The van der Waals surface area contributed by atoms with Gasteiger partial charge in [-0.3, -0.25) is 4.79 Å². The van der Waals surface area contributed by atoms with Crippen molar-refractivity contribution in [1.82, 2.24) is 0 Å². The van der Waals surface area contributed by atoms with E-state index >= 15 is 0 Å². The fourth-order valence-electron chi connectivity index (χ4n) is 4.12. The summed E-state index contributed by atoms with van der Waals surface area (Å²) in [5, 5.41) is 11.9. The predicted molar refractivity (Wildman–Crippen MR) is 131 cm³/mol. The van der Waals surface area contributed by atoms with Crippen molar-refractivity contribution in [2.24, 2.45) is 0 Å². The van der Waals surface area contributed by atoms with Crippen LogP contribution in [0.25, 0.3) is 22.3 Å². The van der Waals surface area contributed by atoms with Crippen LogP contribution in [0.2, 0.25) is 0 Å². The molecule has 0 saturated carbocycles. The Morgan fingerprint density at radius 3 is 1.88 bits per heavy atom. The van der Waals surface area contributed by atoms with Gasteiger partial charge < -0.3 is 9.52 Å². The Morgan fingerprint density at radius 1 is 0.781 bits per heavy atom. The fourth-order valence-corrected chi connectivity index (χ4v) is 4.12. The molecule has 0 saturated heterocycles. The van der Waals surface area contributed by atoms with Gasteiger partial charge in [0.05, 0.1) is 5.56 Å². The molecule has 0 radical (unpaired) electrons. The highest BCUT2D eigenvalue weighted by Crippen LogP contribution is 2.41. The minimum absolute atomic E-state index is 0.107. The van der Waals surface area contributed by atoms with Crippen LogP contribution >= 0.6 is 0 Å². The minimum atomic E-state index is -0.318. The molecule has 4 aromatic rings. The number of carbonyl (C=O) groups is 1. The maximum absolute atomic E-state index is 14.0. The molecule has 0 amide bonds. The summed E-state index contributed by atoms with van der Waals surface area (Å²) in [7, 11) is 0. The quantitative estimate of drug-likeness (QED) is 0.343. The molecule has 32 heavy (non-hydrogen) atoms. The Kier molecular flexibility index (Phi) is 5.24. The molecule has 164 valence electrons. The molecule has 3 heteroatoms. The van der Waals surface area contributed by atoms with Crippen molar-refractivity contribution >= 4 is 16.8 Å². The van der Waals surface area contributed by atoms with E-state index in [0.29, 0.717) is 22.5 Å². The van der Waals surface area contributed by atoms with Gasteiger partial charge in [-0.05, 0) is 29.0 Å². The van der Waals surface area contributed by atoms with Gasteiger partial charge in [0.1, 0.15) is 17.1 Å². The van der Waals surface area contributed by atoms with E-state index in [0.717, 1.165) is 22.1 Å². The maximum Gasteiger partial charge on any atom is 0.197 e. The highest BCUT2D eigenvalue weighted by Gasteiger charge is 2.30. The van der Waals surface area contributed by atoms with Crippen LogP contribution < -0.4 is 0 Å². The van der Waals surface area contributed by atoms with Crippen LogP contribution in [0.4, 0.5) is 0 Å². The van der Waals surface area contributed by atoms with E-state index < -0.39 is 0 Å². The lowest BCUT2D eigenvalue weighted by atomic mass is 9.77. The molecular formula is C29H30O3. The third-order valence-electron chi connectivity index (χ3n) is 5.85. The Bertz CT molecular complexity index is 1260. The fraction of sp³-hybridized carbons (Fsp3) is 0.276. The largest absolute Gasteiger partial charge is 0.507 e. The van der Waals surface area contributed by atoms with Crippen molar-refractivity contribution in [3.63, 3.8) is 0 Å². The van der Waals surface area contributed by atoms with Crippen LogP contribution in [0.1, 0.15) is 68.6 Å². The lowest BCUT2D eigenvalue weighted by Crippen LogP contribution is -2.19. The van der Waals surface area contributed by atoms with Crippen molar-refractivity contribution in [2.45, 2.75) is 52.4 Å². The van der Waals surface area contributed by atoms with Crippen LogP contribution in [0.3, 0.4) is 0 Å². The summed E-state index contributed by atoms with van der Waals surface area (Å²) in [4.78, 5) is 14.0. The molecule has 1 heterocycles. The second-order valence-electron chi connectivity index (χ2n) is 10.4. The number of fused-ring (bicyclic) bond motifs is 1. The highest BCUT2D eigenvalue weighted by molar-refractivity contribution is 6.19. The van der Waals surface area contributed by atoms with E-state index in [1.54, 1.807) is 0 Å². The number of hydrogen-bond donors (Lipinski definition) is 1. The van der Waals surface area contributed by atoms with E-state index in [1.165, 1.54) is 0 Å². The van der Waals surface area contributed by atoms with Crippen LogP contribution in [-0.2, 0) is 10.8 Å². The Morgan fingerprint density at radius 2 is 1.31 bits per heavy atom. The normalized spacial score (nSPS) is 12.3. The number of carbonyl (C=O) groups excluding carboxylic acids is 1. The van der Waals surface area contributed by atoms with Gasteiger partial charge in [-0.25, -0.2) is 0 Å². The first-order chi connectivity index (χ1) is 15.0. The number of rotatable bonds is 3. The first-order valence-corrected chi connectivity index (χ1v) is 11.0. The first kappa shape index (κ1) is 21.9. The van der Waals surface area contributed by atoms with Gasteiger partial charge in [-0.2, -0.15) is 0 Å². The summed E-state index contributed by atoms with van der Waals surface area (Å²) in [6.45, 7) is 12.3. The van der Waals surface area contributed by atoms with Crippen LogP contribution in [0, 0.1) is 0 Å². The second-order valence-corrected chi connectivity index (χ2v) is 10.4. The molecule has 0 bridgehead atoms. The zero-order chi connectivity index (χ0) is 23.3. The van der Waals surface area contributed by atoms with E-state index in [-0.39, 0.29) is 22.4 Å². The molecule has 0 aliphatic rings. The number of aromatic hydroxyl groups is 1. The molecule has 0 fully saturated rings. The summed E-state index contributed by atoms with van der Waals surface area (Å²) in [6, 6.07) is 21.0. The van der Waals surface area contributed by atoms with Crippen molar-refractivity contribution in [3.05, 3.63) is 89.0 Å². The highest BCUT2D eigenvalue weighted by atomic mass is 16.3. The number of ketones is 1. The molecule has 3 nitrogen and oxygen atoms in total. The van der Waals surface area contributed by atoms with Gasteiger partial charge in [0.15, 0.2) is 5.78 Å². The van der Waals surface area contributed by atoms with Crippen LogP contribution in [0.5, 0.6) is 5.75 Å². The molecule has 1 N–H and O–H groups in total. The van der Waals surface area contributed by atoms with E-state index in [1.807, 2.05) is 108 Å². The molecular weight excluding hydrogens is 396 g/mol. The zero-order valence-corrected chi connectivity index (χ0v) is 19.6. The molecule has 0 unspecified atom stereocenters. The molecule has 4 rings (SSSR count). The van der Waals surface area contributed by atoms with E-state index in [2.05, 4.69) is 0 Å². The topological polar surface area (TPSA) is 50.4 Å². The Balaban J connectivity index is 2.00. The second kappa shape index (κ2) is 7.67.